The highest BCUT2D eigenvalue weighted by molar-refractivity contribution is 6.26. The third kappa shape index (κ3) is 5.90. The van der Waals surface area contributed by atoms with Crippen molar-refractivity contribution in [2.75, 3.05) is 4.90 Å². The molecule has 66 heavy (non-hydrogen) atoms. The summed E-state index contributed by atoms with van der Waals surface area (Å²) in [4.78, 5) is 2.41. The van der Waals surface area contributed by atoms with Gasteiger partial charge in [0.15, 0.2) is 5.58 Å². The van der Waals surface area contributed by atoms with Crippen molar-refractivity contribution in [2.45, 2.75) is 19.3 Å². The zero-order valence-corrected chi connectivity index (χ0v) is 36.7. The predicted molar refractivity (Wildman–Crippen MR) is 277 cm³/mol. The van der Waals surface area contributed by atoms with Crippen LogP contribution < -0.4 is 4.90 Å². The minimum Gasteiger partial charge on any atom is -0.454 e. The fraction of sp³-hybridized carbons (Fsp3) is 0.0476. The van der Waals surface area contributed by atoms with E-state index in [2.05, 4.69) is 254 Å². The molecule has 0 saturated carbocycles. The number of aromatic nitrogens is 1. The number of nitrogens with zero attached hydrogens (tertiary/aromatic N) is 2. The van der Waals surface area contributed by atoms with Crippen molar-refractivity contribution in [1.29, 1.82) is 0 Å². The van der Waals surface area contributed by atoms with Gasteiger partial charge in [-0.15, -0.1) is 0 Å². The summed E-state index contributed by atoms with van der Waals surface area (Å²) in [7, 11) is 0. The summed E-state index contributed by atoms with van der Waals surface area (Å²) in [6.07, 6.45) is 0. The van der Waals surface area contributed by atoms with Crippen molar-refractivity contribution in [1.82, 2.24) is 4.57 Å². The Bertz CT molecular complexity index is 3800. The first-order chi connectivity index (χ1) is 32.5. The number of anilines is 3. The van der Waals surface area contributed by atoms with Crippen molar-refractivity contribution < 1.29 is 4.42 Å². The van der Waals surface area contributed by atoms with Gasteiger partial charge >= 0.3 is 0 Å². The summed E-state index contributed by atoms with van der Waals surface area (Å²) in [5, 5.41) is 4.56. The van der Waals surface area contributed by atoms with E-state index < -0.39 is 0 Å². The molecule has 0 spiro atoms. The van der Waals surface area contributed by atoms with Gasteiger partial charge in [-0.2, -0.15) is 0 Å². The van der Waals surface area contributed by atoms with Gasteiger partial charge in [-0.1, -0.05) is 178 Å². The maximum atomic E-state index is 6.87. The highest BCUT2D eigenvalue weighted by Crippen LogP contribution is 2.51. The second-order valence-corrected chi connectivity index (χ2v) is 18.1. The van der Waals surface area contributed by atoms with Crippen LogP contribution in [0.15, 0.2) is 235 Å². The fourth-order valence-corrected chi connectivity index (χ4v) is 10.8. The number of benzene rings is 10. The van der Waals surface area contributed by atoms with Gasteiger partial charge in [0.05, 0.1) is 11.0 Å². The van der Waals surface area contributed by atoms with E-state index in [1.54, 1.807) is 0 Å². The van der Waals surface area contributed by atoms with Crippen molar-refractivity contribution in [3.05, 3.63) is 242 Å². The maximum absolute atomic E-state index is 6.87. The lowest BCUT2D eigenvalue weighted by atomic mass is 9.82. The Kier molecular flexibility index (Phi) is 8.56. The summed E-state index contributed by atoms with van der Waals surface area (Å²) in [6, 6.07) is 83.8. The average molecular weight is 845 g/mol. The van der Waals surface area contributed by atoms with E-state index >= 15 is 0 Å². The molecule has 2 aromatic heterocycles. The van der Waals surface area contributed by atoms with E-state index in [1.165, 1.54) is 60.8 Å². The lowest BCUT2D eigenvalue weighted by molar-refractivity contribution is 0.660. The van der Waals surface area contributed by atoms with Crippen LogP contribution in [-0.4, -0.2) is 4.57 Å². The van der Waals surface area contributed by atoms with Crippen molar-refractivity contribution in [3.63, 3.8) is 0 Å². The Labute approximate surface area is 384 Å². The molecule has 0 N–H and O–H groups in total. The summed E-state index contributed by atoms with van der Waals surface area (Å²) in [5.41, 5.74) is 20.7. The van der Waals surface area contributed by atoms with E-state index in [9.17, 15) is 0 Å². The van der Waals surface area contributed by atoms with Crippen LogP contribution in [0.5, 0.6) is 0 Å². The molecule has 2 heterocycles. The molecule has 0 bridgehead atoms. The molecule has 12 aromatic rings. The minimum absolute atomic E-state index is 0.126. The smallest absolute Gasteiger partial charge is 0.160 e. The Hall–Kier alpha value is -8.40. The molecule has 0 atom stereocenters. The first-order valence-electron chi connectivity index (χ1n) is 22.8. The van der Waals surface area contributed by atoms with Gasteiger partial charge in [-0.3, -0.25) is 0 Å². The molecule has 3 nitrogen and oxygen atoms in total. The van der Waals surface area contributed by atoms with Gasteiger partial charge in [0.2, 0.25) is 0 Å². The van der Waals surface area contributed by atoms with Crippen LogP contribution in [0, 0.1) is 0 Å². The highest BCUT2D eigenvalue weighted by Gasteiger charge is 2.36. The first kappa shape index (κ1) is 38.1. The average Bonchev–Trinajstić information content (AvgIpc) is 4.00. The molecule has 1 aliphatic carbocycles. The number of furan rings is 1. The Morgan fingerprint density at radius 2 is 0.924 bits per heavy atom. The third-order valence-corrected chi connectivity index (χ3v) is 14.0. The van der Waals surface area contributed by atoms with Gasteiger partial charge in [-0.25, -0.2) is 0 Å². The van der Waals surface area contributed by atoms with Gasteiger partial charge in [-0.05, 0) is 122 Å². The molecular formula is C63H44N2O. The Morgan fingerprint density at radius 3 is 1.62 bits per heavy atom. The molecule has 10 aromatic carbocycles. The fourth-order valence-electron chi connectivity index (χ4n) is 10.8. The minimum atomic E-state index is -0.126. The summed E-state index contributed by atoms with van der Waals surface area (Å²) >= 11 is 0. The molecule has 3 heteroatoms. The first-order valence-corrected chi connectivity index (χ1v) is 22.8. The summed E-state index contributed by atoms with van der Waals surface area (Å²) < 4.78 is 9.27. The van der Waals surface area contributed by atoms with E-state index in [-0.39, 0.29) is 5.41 Å². The number of para-hydroxylation sites is 2. The monoisotopic (exact) mass is 844 g/mol. The van der Waals surface area contributed by atoms with Crippen LogP contribution >= 0.6 is 0 Å². The Balaban J connectivity index is 0.992. The van der Waals surface area contributed by atoms with Crippen LogP contribution in [0.3, 0.4) is 0 Å². The summed E-state index contributed by atoms with van der Waals surface area (Å²) in [6.45, 7) is 4.71. The van der Waals surface area contributed by atoms with Gasteiger partial charge in [0.25, 0.3) is 0 Å². The molecule has 0 amide bonds. The predicted octanol–water partition coefficient (Wildman–Crippen LogP) is 17.5. The molecule has 0 saturated heterocycles. The molecular weight excluding hydrogens is 801 g/mol. The van der Waals surface area contributed by atoms with E-state index in [4.69, 9.17) is 4.42 Å². The zero-order valence-electron chi connectivity index (χ0n) is 36.7. The number of fused-ring (bicyclic) bond motifs is 10. The molecule has 1 aliphatic rings. The van der Waals surface area contributed by atoms with E-state index in [0.717, 1.165) is 61.3 Å². The molecule has 13 rings (SSSR count). The number of hydrogen-bond acceptors (Lipinski definition) is 2. The molecule has 0 aliphatic heterocycles. The van der Waals surface area contributed by atoms with Crippen LogP contribution in [0.4, 0.5) is 17.1 Å². The second-order valence-electron chi connectivity index (χ2n) is 18.1. The zero-order chi connectivity index (χ0) is 43.9. The maximum Gasteiger partial charge on any atom is 0.160 e. The standard InChI is InChI=1S/C63H44N2O/c1-63(2)56-22-12-9-19-50(56)51-38-37-49(39-57(51)63)64(46-31-25-43(26-32-46)41-15-5-3-6-16-41)47-35-29-45(30-36-47)54-40-55-52-20-11-14-24-59(52)66-62(55)61-60(54)53-21-10-13-23-58(53)65(61)48-33-27-44(28-34-48)42-17-7-4-8-18-42/h3-40H,1-2H3. The lowest BCUT2D eigenvalue weighted by Gasteiger charge is -2.28. The van der Waals surface area contributed by atoms with E-state index in [1.807, 2.05) is 0 Å². The molecule has 0 fully saturated rings. The topological polar surface area (TPSA) is 21.3 Å². The van der Waals surface area contributed by atoms with Gasteiger partial charge in [0.1, 0.15) is 5.58 Å². The molecule has 0 unspecified atom stereocenters. The normalized spacial score (nSPS) is 12.8. The van der Waals surface area contributed by atoms with Crippen molar-refractivity contribution in [2.24, 2.45) is 0 Å². The molecule has 0 radical (unpaired) electrons. The number of rotatable bonds is 7. The number of hydrogen-bond donors (Lipinski definition) is 0. The van der Waals surface area contributed by atoms with Gasteiger partial charge in [0, 0.05) is 49.7 Å². The van der Waals surface area contributed by atoms with Gasteiger partial charge < -0.3 is 13.9 Å². The van der Waals surface area contributed by atoms with Crippen molar-refractivity contribution in [3.8, 4) is 50.2 Å². The van der Waals surface area contributed by atoms with E-state index in [0.29, 0.717) is 0 Å². The highest BCUT2D eigenvalue weighted by atomic mass is 16.3. The Morgan fingerprint density at radius 1 is 0.394 bits per heavy atom. The van der Waals surface area contributed by atoms with Crippen LogP contribution in [0.1, 0.15) is 25.0 Å². The van der Waals surface area contributed by atoms with Crippen LogP contribution in [0.2, 0.25) is 0 Å². The molecule has 312 valence electrons. The lowest BCUT2D eigenvalue weighted by Crippen LogP contribution is -2.16. The third-order valence-electron chi connectivity index (χ3n) is 14.0. The van der Waals surface area contributed by atoms with Crippen molar-refractivity contribution >= 4 is 60.8 Å². The quantitative estimate of drug-likeness (QED) is 0.159. The van der Waals surface area contributed by atoms with Crippen LogP contribution in [-0.2, 0) is 5.41 Å². The second kappa shape index (κ2) is 14.8. The largest absolute Gasteiger partial charge is 0.454 e. The van der Waals surface area contributed by atoms with Crippen LogP contribution in [0.25, 0.3) is 93.9 Å². The summed E-state index contributed by atoms with van der Waals surface area (Å²) in [5.74, 6) is 0. The SMILES string of the molecule is CC1(C)c2ccccc2-c2ccc(N(c3ccc(-c4ccccc4)cc3)c3ccc(-c4cc5c6ccccc6oc5c5c4c4ccccc4n5-c4ccc(-c5ccccc5)cc4)cc3)cc21.